The van der Waals surface area contributed by atoms with Crippen LogP contribution in [-0.2, 0) is 4.79 Å². The summed E-state index contributed by atoms with van der Waals surface area (Å²) in [5, 5.41) is 11.4. The largest absolute Gasteiger partial charge is 0.384 e. The third kappa shape index (κ3) is 3.45. The molecule has 0 aliphatic heterocycles. The van der Waals surface area contributed by atoms with Crippen LogP contribution in [0.1, 0.15) is 27.2 Å². The van der Waals surface area contributed by atoms with Crippen LogP contribution in [0.2, 0.25) is 0 Å². The fourth-order valence-electron chi connectivity index (χ4n) is 0.466. The second-order valence-electron chi connectivity index (χ2n) is 2.49. The lowest BCUT2D eigenvalue weighted by atomic mass is 10.2. The summed E-state index contributed by atoms with van der Waals surface area (Å²) in [6.07, 6.45) is -0.00708. The van der Waals surface area contributed by atoms with Gasteiger partial charge >= 0.3 is 0 Å². The normalized spacial score (nSPS) is 16.0. The maximum Gasteiger partial charge on any atom is 0.248 e. The Bertz CT molecular complexity index is 112. The number of carbonyl (C=O) groups excluding carboxylic acids is 1. The molecule has 0 aromatic heterocycles. The van der Waals surface area contributed by atoms with Gasteiger partial charge in [-0.15, -0.1) is 0 Å². The number of aliphatic hydroxyl groups is 1. The molecule has 0 aliphatic carbocycles. The van der Waals surface area contributed by atoms with Crippen molar-refractivity contribution in [3.63, 3.8) is 0 Å². The highest BCUT2D eigenvalue weighted by Gasteiger charge is 2.09. The van der Waals surface area contributed by atoms with E-state index in [1.807, 2.05) is 13.8 Å². The van der Waals surface area contributed by atoms with Gasteiger partial charge in [0.1, 0.15) is 6.10 Å². The molecule has 0 rings (SSSR count). The summed E-state index contributed by atoms with van der Waals surface area (Å²) in [4.78, 5) is 10.8. The summed E-state index contributed by atoms with van der Waals surface area (Å²) >= 11 is 0. The van der Waals surface area contributed by atoms with E-state index in [4.69, 9.17) is 5.11 Å². The lowest BCUT2D eigenvalue weighted by molar-refractivity contribution is -0.129. The summed E-state index contributed by atoms with van der Waals surface area (Å²) in [6.45, 7) is 5.34. The Morgan fingerprint density at radius 2 is 2.10 bits per heavy atom. The molecule has 10 heavy (non-hydrogen) atoms. The van der Waals surface area contributed by atoms with Crippen LogP contribution in [0.25, 0.3) is 0 Å². The number of hydrogen-bond donors (Lipinski definition) is 2. The van der Waals surface area contributed by atoms with E-state index in [2.05, 4.69) is 5.32 Å². The predicted molar refractivity (Wildman–Crippen MR) is 39.6 cm³/mol. The second-order valence-corrected chi connectivity index (χ2v) is 2.49. The number of amides is 1. The van der Waals surface area contributed by atoms with Crippen LogP contribution in [-0.4, -0.2) is 23.2 Å². The van der Waals surface area contributed by atoms with Gasteiger partial charge in [0.05, 0.1) is 0 Å². The minimum absolute atomic E-state index is 0.155. The average molecular weight is 145 g/mol. The Morgan fingerprint density at radius 3 is 2.40 bits per heavy atom. The van der Waals surface area contributed by atoms with Gasteiger partial charge in [0.2, 0.25) is 5.91 Å². The number of nitrogens with one attached hydrogen (secondary N) is 1. The molecule has 0 radical (unpaired) electrons. The first kappa shape index (κ1) is 9.43. The number of rotatable bonds is 3. The molecule has 1 unspecified atom stereocenters. The van der Waals surface area contributed by atoms with E-state index in [1.54, 1.807) is 0 Å². The fraction of sp³-hybridized carbons (Fsp3) is 0.857. The van der Waals surface area contributed by atoms with Crippen molar-refractivity contribution in [2.24, 2.45) is 0 Å². The summed E-state index contributed by atoms with van der Waals surface area (Å²) < 4.78 is 0. The monoisotopic (exact) mass is 145 g/mol. The smallest absolute Gasteiger partial charge is 0.248 e. The van der Waals surface area contributed by atoms with Crippen molar-refractivity contribution in [2.45, 2.75) is 39.3 Å². The minimum Gasteiger partial charge on any atom is -0.384 e. The summed E-state index contributed by atoms with van der Waals surface area (Å²) in [5.41, 5.74) is 0. The van der Waals surface area contributed by atoms with Gasteiger partial charge in [0, 0.05) is 6.04 Å². The van der Waals surface area contributed by atoms with E-state index >= 15 is 0 Å². The third-order valence-electron chi connectivity index (χ3n) is 1.38. The number of aliphatic hydroxyl groups excluding tert-OH is 1. The third-order valence-corrected chi connectivity index (χ3v) is 1.38. The molecule has 0 fully saturated rings. The van der Waals surface area contributed by atoms with E-state index < -0.39 is 6.10 Å². The summed E-state index contributed by atoms with van der Waals surface area (Å²) in [7, 11) is 0. The van der Waals surface area contributed by atoms with Crippen molar-refractivity contribution in [1.82, 2.24) is 5.32 Å². The first-order valence-electron chi connectivity index (χ1n) is 3.56. The van der Waals surface area contributed by atoms with Crippen LogP contribution in [0.15, 0.2) is 0 Å². The molecule has 2 N–H and O–H groups in total. The maximum absolute atomic E-state index is 10.8. The van der Waals surface area contributed by atoms with Gasteiger partial charge in [-0.2, -0.15) is 0 Å². The lowest BCUT2D eigenvalue weighted by Crippen LogP contribution is -2.38. The molecule has 0 aromatic rings. The quantitative estimate of drug-likeness (QED) is 0.599. The molecule has 1 amide bonds. The van der Waals surface area contributed by atoms with Crippen molar-refractivity contribution in [2.75, 3.05) is 0 Å². The Kier molecular flexibility index (Phi) is 4.03. The molecule has 0 aliphatic rings. The minimum atomic E-state index is -0.894. The van der Waals surface area contributed by atoms with Gasteiger partial charge in [-0.1, -0.05) is 6.92 Å². The molecular formula is C7H15NO2. The Labute approximate surface area is 61.4 Å². The van der Waals surface area contributed by atoms with E-state index in [0.717, 1.165) is 6.42 Å². The Balaban J connectivity index is 3.57. The van der Waals surface area contributed by atoms with Gasteiger partial charge in [-0.05, 0) is 20.3 Å². The molecule has 0 saturated carbocycles. The Hall–Kier alpha value is -0.570. The molecule has 0 spiro atoms. The molecular weight excluding hydrogens is 130 g/mol. The molecule has 0 saturated heterocycles. The molecule has 3 nitrogen and oxygen atoms in total. The van der Waals surface area contributed by atoms with Gasteiger partial charge in [0.15, 0.2) is 0 Å². The highest BCUT2D eigenvalue weighted by Crippen LogP contribution is 1.89. The van der Waals surface area contributed by atoms with Crippen LogP contribution in [0, 0.1) is 0 Å². The molecule has 3 heteroatoms. The fourth-order valence-corrected chi connectivity index (χ4v) is 0.466. The number of hydrogen-bond acceptors (Lipinski definition) is 2. The maximum atomic E-state index is 10.8. The van der Waals surface area contributed by atoms with Gasteiger partial charge in [-0.3, -0.25) is 4.79 Å². The molecule has 0 aromatic carbocycles. The first-order chi connectivity index (χ1) is 4.57. The van der Waals surface area contributed by atoms with Crippen LogP contribution in [0.4, 0.5) is 0 Å². The van der Waals surface area contributed by atoms with Crippen LogP contribution in [0.3, 0.4) is 0 Å². The molecule has 60 valence electrons. The van der Waals surface area contributed by atoms with Gasteiger partial charge in [0.25, 0.3) is 0 Å². The van der Waals surface area contributed by atoms with Crippen molar-refractivity contribution < 1.29 is 9.90 Å². The second kappa shape index (κ2) is 4.28. The van der Waals surface area contributed by atoms with Crippen LogP contribution in [0.5, 0.6) is 0 Å². The first-order valence-corrected chi connectivity index (χ1v) is 3.56. The van der Waals surface area contributed by atoms with Gasteiger partial charge < -0.3 is 10.4 Å². The zero-order valence-corrected chi connectivity index (χ0v) is 6.72. The average Bonchev–Trinajstić information content (AvgIpc) is 1.87. The molecule has 0 bridgehead atoms. The predicted octanol–water partition coefficient (Wildman–Crippen LogP) is 0.282. The van der Waals surface area contributed by atoms with Crippen molar-refractivity contribution in [3.8, 4) is 0 Å². The van der Waals surface area contributed by atoms with E-state index in [0.29, 0.717) is 0 Å². The zero-order valence-electron chi connectivity index (χ0n) is 6.72. The summed E-state index contributed by atoms with van der Waals surface area (Å²) in [5.74, 6) is -0.297. The SMILES string of the molecule is CCC(C)NC(=O)[C@H](C)O. The topological polar surface area (TPSA) is 49.3 Å². The highest BCUT2D eigenvalue weighted by atomic mass is 16.3. The van der Waals surface area contributed by atoms with E-state index in [-0.39, 0.29) is 11.9 Å². The lowest BCUT2D eigenvalue weighted by Gasteiger charge is -2.12. The standard InChI is InChI=1S/C7H15NO2/c1-4-5(2)8-7(10)6(3)9/h5-6,9H,4H2,1-3H3,(H,8,10)/t5?,6-/m0/s1. The number of carbonyl (C=O) groups is 1. The van der Waals surface area contributed by atoms with Gasteiger partial charge in [-0.25, -0.2) is 0 Å². The van der Waals surface area contributed by atoms with E-state index in [9.17, 15) is 4.79 Å². The molecule has 2 atom stereocenters. The van der Waals surface area contributed by atoms with Crippen molar-refractivity contribution in [1.29, 1.82) is 0 Å². The van der Waals surface area contributed by atoms with E-state index in [1.165, 1.54) is 6.92 Å². The van der Waals surface area contributed by atoms with Crippen molar-refractivity contribution in [3.05, 3.63) is 0 Å². The molecule has 0 heterocycles. The van der Waals surface area contributed by atoms with Crippen molar-refractivity contribution >= 4 is 5.91 Å². The highest BCUT2D eigenvalue weighted by molar-refractivity contribution is 5.80. The Morgan fingerprint density at radius 1 is 1.60 bits per heavy atom. The zero-order chi connectivity index (χ0) is 8.15. The van der Waals surface area contributed by atoms with Crippen LogP contribution < -0.4 is 5.32 Å². The summed E-state index contributed by atoms with van der Waals surface area (Å²) in [6, 6.07) is 0.155. The van der Waals surface area contributed by atoms with Crippen LogP contribution >= 0.6 is 0 Å².